The van der Waals surface area contributed by atoms with Gasteiger partial charge >= 0.3 is 10.1 Å². The van der Waals surface area contributed by atoms with Gasteiger partial charge in [0.25, 0.3) is 0 Å². The second kappa shape index (κ2) is 6.72. The van der Waals surface area contributed by atoms with Crippen LogP contribution in [-0.4, -0.2) is 21.5 Å². The van der Waals surface area contributed by atoms with E-state index in [1.54, 1.807) is 36.4 Å². The van der Waals surface area contributed by atoms with E-state index in [0.717, 1.165) is 31.5 Å². The maximum Gasteiger partial charge on any atom is 0.339 e. The van der Waals surface area contributed by atoms with Crippen molar-refractivity contribution in [1.29, 1.82) is 0 Å². The fourth-order valence-corrected chi connectivity index (χ4v) is 4.05. The van der Waals surface area contributed by atoms with Gasteiger partial charge in [0.2, 0.25) is 0 Å². The number of nitrogens with one attached hydrogen (secondary N) is 1. The van der Waals surface area contributed by atoms with Crippen molar-refractivity contribution in [2.75, 3.05) is 13.1 Å². The van der Waals surface area contributed by atoms with Gasteiger partial charge in [-0.3, -0.25) is 0 Å². The molecule has 5 heteroatoms. The van der Waals surface area contributed by atoms with Crippen LogP contribution >= 0.6 is 0 Å². The molecule has 0 bridgehead atoms. The van der Waals surface area contributed by atoms with E-state index in [2.05, 4.69) is 11.4 Å². The Morgan fingerprint density at radius 2 is 1.70 bits per heavy atom. The molecule has 1 saturated heterocycles. The molecule has 2 aromatic carbocycles. The molecule has 3 rings (SSSR count). The Labute approximate surface area is 137 Å². The summed E-state index contributed by atoms with van der Waals surface area (Å²) in [4.78, 5) is 0.173. The molecular weight excluding hydrogens is 310 g/mol. The Morgan fingerprint density at radius 3 is 2.39 bits per heavy atom. The van der Waals surface area contributed by atoms with E-state index in [1.165, 1.54) is 5.56 Å². The summed E-state index contributed by atoms with van der Waals surface area (Å²) >= 11 is 0. The Balaban J connectivity index is 1.89. The standard InChI is InChI=1S/C18H21NO3S/c1-14-17(15-10-12-19-13-11-15)8-5-9-18(14)22-23(20,21)16-6-3-2-4-7-16/h2-9,15,19H,10-13H2,1H3. The summed E-state index contributed by atoms with van der Waals surface area (Å²) in [6.07, 6.45) is 2.13. The molecule has 0 aromatic heterocycles. The smallest absolute Gasteiger partial charge is 0.339 e. The molecule has 1 fully saturated rings. The van der Waals surface area contributed by atoms with Gasteiger partial charge in [0.05, 0.1) is 0 Å². The normalized spacial score (nSPS) is 16.2. The van der Waals surface area contributed by atoms with E-state index in [-0.39, 0.29) is 4.90 Å². The zero-order valence-electron chi connectivity index (χ0n) is 13.2. The Bertz CT molecular complexity index is 766. The van der Waals surface area contributed by atoms with Crippen LogP contribution in [0.15, 0.2) is 53.4 Å². The van der Waals surface area contributed by atoms with Crippen molar-refractivity contribution in [3.05, 3.63) is 59.7 Å². The minimum absolute atomic E-state index is 0.173. The topological polar surface area (TPSA) is 55.4 Å². The first kappa shape index (κ1) is 16.0. The van der Waals surface area contributed by atoms with Crippen molar-refractivity contribution in [2.24, 2.45) is 0 Å². The second-order valence-corrected chi connectivity index (χ2v) is 7.39. The summed E-state index contributed by atoms with van der Waals surface area (Å²) in [6.45, 7) is 3.93. The van der Waals surface area contributed by atoms with Crippen molar-refractivity contribution in [3.63, 3.8) is 0 Å². The third kappa shape index (κ3) is 3.57. The summed E-state index contributed by atoms with van der Waals surface area (Å²) in [5.74, 6) is 0.879. The van der Waals surface area contributed by atoms with Crippen LogP contribution in [0.4, 0.5) is 0 Å². The van der Waals surface area contributed by atoms with E-state index < -0.39 is 10.1 Å². The van der Waals surface area contributed by atoms with E-state index in [1.807, 2.05) is 13.0 Å². The molecule has 0 saturated carbocycles. The van der Waals surface area contributed by atoms with Gasteiger partial charge in [-0.1, -0.05) is 30.3 Å². The highest BCUT2D eigenvalue weighted by molar-refractivity contribution is 7.87. The van der Waals surface area contributed by atoms with Crippen molar-refractivity contribution >= 4 is 10.1 Å². The first-order valence-corrected chi connectivity index (χ1v) is 9.28. The molecule has 0 radical (unpaired) electrons. The summed E-state index contributed by atoms with van der Waals surface area (Å²) < 4.78 is 30.2. The van der Waals surface area contributed by atoms with Crippen LogP contribution in [0, 0.1) is 6.92 Å². The maximum atomic E-state index is 12.4. The highest BCUT2D eigenvalue weighted by Crippen LogP contribution is 2.33. The van der Waals surface area contributed by atoms with E-state index in [0.29, 0.717) is 11.7 Å². The second-order valence-electron chi connectivity index (χ2n) is 5.85. The summed E-state index contributed by atoms with van der Waals surface area (Å²) in [7, 11) is -3.80. The minimum Gasteiger partial charge on any atom is -0.379 e. The molecule has 0 unspecified atom stereocenters. The highest BCUT2D eigenvalue weighted by Gasteiger charge is 2.21. The Morgan fingerprint density at radius 1 is 1.00 bits per heavy atom. The number of hydrogen-bond donors (Lipinski definition) is 1. The van der Waals surface area contributed by atoms with Gasteiger partial charge < -0.3 is 9.50 Å². The predicted molar refractivity (Wildman–Crippen MR) is 90.3 cm³/mol. The number of hydrogen-bond acceptors (Lipinski definition) is 4. The van der Waals surface area contributed by atoms with Crippen LogP contribution in [0.3, 0.4) is 0 Å². The molecule has 122 valence electrons. The summed E-state index contributed by atoms with van der Waals surface area (Å²) in [6, 6.07) is 13.9. The number of piperidine rings is 1. The highest BCUT2D eigenvalue weighted by atomic mass is 32.2. The van der Waals surface area contributed by atoms with Crippen molar-refractivity contribution in [1.82, 2.24) is 5.32 Å². The first-order valence-electron chi connectivity index (χ1n) is 7.88. The lowest BCUT2D eigenvalue weighted by molar-refractivity contribution is 0.454. The molecule has 4 nitrogen and oxygen atoms in total. The lowest BCUT2D eigenvalue weighted by atomic mass is 9.87. The quantitative estimate of drug-likeness (QED) is 0.874. The molecule has 23 heavy (non-hydrogen) atoms. The molecule has 1 heterocycles. The lowest BCUT2D eigenvalue weighted by Gasteiger charge is -2.25. The third-order valence-corrected chi connectivity index (χ3v) is 5.58. The SMILES string of the molecule is Cc1c(OS(=O)(=O)c2ccccc2)cccc1C1CCNCC1. The van der Waals surface area contributed by atoms with Crippen LogP contribution in [0.2, 0.25) is 0 Å². The molecule has 0 amide bonds. The van der Waals surface area contributed by atoms with Crippen LogP contribution in [0.1, 0.15) is 29.9 Å². The lowest BCUT2D eigenvalue weighted by Crippen LogP contribution is -2.27. The fourth-order valence-electron chi connectivity index (χ4n) is 3.05. The van der Waals surface area contributed by atoms with Gasteiger partial charge in [-0.05, 0) is 68.1 Å². The zero-order valence-corrected chi connectivity index (χ0v) is 14.0. The van der Waals surface area contributed by atoms with Crippen LogP contribution in [-0.2, 0) is 10.1 Å². The largest absolute Gasteiger partial charge is 0.379 e. The van der Waals surface area contributed by atoms with Gasteiger partial charge in [0.1, 0.15) is 10.6 Å². The molecule has 0 atom stereocenters. The first-order chi connectivity index (χ1) is 11.1. The molecule has 1 N–H and O–H groups in total. The molecule has 0 aliphatic carbocycles. The van der Waals surface area contributed by atoms with Crippen molar-refractivity contribution < 1.29 is 12.6 Å². The molecule has 0 spiro atoms. The summed E-state index contributed by atoms with van der Waals surface area (Å²) in [5, 5.41) is 3.35. The monoisotopic (exact) mass is 331 g/mol. The van der Waals surface area contributed by atoms with Gasteiger partial charge in [-0.2, -0.15) is 8.42 Å². The fraction of sp³-hybridized carbons (Fsp3) is 0.333. The zero-order chi connectivity index (χ0) is 16.3. The van der Waals surface area contributed by atoms with E-state index >= 15 is 0 Å². The molecular formula is C18H21NO3S. The van der Waals surface area contributed by atoms with Gasteiger partial charge in [-0.25, -0.2) is 0 Å². The third-order valence-electron chi connectivity index (χ3n) is 4.34. The van der Waals surface area contributed by atoms with Gasteiger partial charge in [-0.15, -0.1) is 0 Å². The number of rotatable bonds is 4. The van der Waals surface area contributed by atoms with Crippen molar-refractivity contribution in [2.45, 2.75) is 30.6 Å². The Kier molecular flexibility index (Phi) is 4.68. The average Bonchev–Trinajstić information content (AvgIpc) is 2.58. The Hall–Kier alpha value is -1.85. The molecule has 1 aliphatic rings. The van der Waals surface area contributed by atoms with E-state index in [4.69, 9.17) is 4.18 Å². The molecule has 1 aliphatic heterocycles. The van der Waals surface area contributed by atoms with Crippen molar-refractivity contribution in [3.8, 4) is 5.75 Å². The average molecular weight is 331 g/mol. The van der Waals surface area contributed by atoms with Gasteiger partial charge in [0.15, 0.2) is 0 Å². The van der Waals surface area contributed by atoms with Crippen LogP contribution in [0.25, 0.3) is 0 Å². The predicted octanol–water partition coefficient (Wildman–Crippen LogP) is 3.23. The van der Waals surface area contributed by atoms with E-state index in [9.17, 15) is 8.42 Å². The summed E-state index contributed by atoms with van der Waals surface area (Å²) in [5.41, 5.74) is 2.10. The molecule has 2 aromatic rings. The maximum absolute atomic E-state index is 12.4. The minimum atomic E-state index is -3.80. The number of benzene rings is 2. The van der Waals surface area contributed by atoms with Gasteiger partial charge in [0, 0.05) is 0 Å². The van der Waals surface area contributed by atoms with Crippen LogP contribution in [0.5, 0.6) is 5.75 Å². The van der Waals surface area contributed by atoms with Crippen LogP contribution < -0.4 is 9.50 Å².